The third kappa shape index (κ3) is 1.62. The third-order valence-electron chi connectivity index (χ3n) is 3.11. The molecule has 0 radical (unpaired) electrons. The van der Waals surface area contributed by atoms with E-state index in [-0.39, 0.29) is 0 Å². The van der Waals surface area contributed by atoms with Crippen LogP contribution < -0.4 is 0 Å². The van der Waals surface area contributed by atoms with Crippen molar-refractivity contribution < 1.29 is 15.0 Å². The summed E-state index contributed by atoms with van der Waals surface area (Å²) in [5.74, 6) is -0.297. The molecule has 1 heterocycles. The van der Waals surface area contributed by atoms with Crippen molar-refractivity contribution in [2.45, 2.75) is 30.8 Å². The molecule has 0 saturated heterocycles. The zero-order valence-electron chi connectivity index (χ0n) is 9.28. The molecule has 0 fully saturated rings. The number of benzene rings is 1. The first kappa shape index (κ1) is 11.5. The molecule has 3 nitrogen and oxygen atoms in total. The van der Waals surface area contributed by atoms with Crippen LogP contribution in [-0.2, 0) is 5.60 Å². The molecular formula is C12H14O3S. The van der Waals surface area contributed by atoms with Crippen LogP contribution in [0.2, 0.25) is 0 Å². The van der Waals surface area contributed by atoms with Crippen LogP contribution in [0.3, 0.4) is 0 Å². The number of aromatic carboxylic acids is 1. The third-order valence-corrected chi connectivity index (χ3v) is 4.38. The molecule has 2 N–H and O–H groups in total. The lowest BCUT2D eigenvalue weighted by molar-refractivity contribution is 0.0591. The molecule has 1 unspecified atom stereocenters. The van der Waals surface area contributed by atoms with Crippen LogP contribution in [0.4, 0.5) is 0 Å². The Labute approximate surface area is 98.5 Å². The molecule has 1 aliphatic heterocycles. The van der Waals surface area contributed by atoms with E-state index in [0.717, 1.165) is 10.5 Å². The highest BCUT2D eigenvalue weighted by Crippen LogP contribution is 2.45. The Kier molecular flexibility index (Phi) is 2.72. The van der Waals surface area contributed by atoms with Gasteiger partial charge in [0.25, 0.3) is 0 Å². The van der Waals surface area contributed by atoms with E-state index < -0.39 is 11.6 Å². The summed E-state index contributed by atoms with van der Waals surface area (Å²) in [7, 11) is 0. The maximum atomic E-state index is 11.0. The van der Waals surface area contributed by atoms with Gasteiger partial charge in [0.05, 0.1) is 11.2 Å². The smallest absolute Gasteiger partial charge is 0.335 e. The number of aliphatic hydroxyl groups is 1. The van der Waals surface area contributed by atoms with Crippen molar-refractivity contribution in [3.63, 3.8) is 0 Å². The largest absolute Gasteiger partial charge is 0.478 e. The van der Waals surface area contributed by atoms with Crippen molar-refractivity contribution in [3.8, 4) is 0 Å². The van der Waals surface area contributed by atoms with E-state index >= 15 is 0 Å². The lowest BCUT2D eigenvalue weighted by Gasteiger charge is -2.21. The van der Waals surface area contributed by atoms with Gasteiger partial charge in [-0.05, 0) is 30.5 Å². The van der Waals surface area contributed by atoms with Gasteiger partial charge in [-0.25, -0.2) is 4.79 Å². The van der Waals surface area contributed by atoms with Gasteiger partial charge in [-0.3, -0.25) is 0 Å². The Morgan fingerprint density at radius 2 is 2.25 bits per heavy atom. The van der Waals surface area contributed by atoms with Crippen molar-refractivity contribution in [2.75, 3.05) is 5.75 Å². The minimum absolute atomic E-state index is 0.326. The summed E-state index contributed by atoms with van der Waals surface area (Å²) in [5, 5.41) is 19.4. The number of carbonyl (C=O) groups is 1. The number of thioether (sulfide) groups is 1. The fourth-order valence-electron chi connectivity index (χ4n) is 1.97. The van der Waals surface area contributed by atoms with Gasteiger partial charge in [-0.1, -0.05) is 13.0 Å². The molecule has 16 heavy (non-hydrogen) atoms. The number of aryl methyl sites for hydroxylation is 1. The van der Waals surface area contributed by atoms with Gasteiger partial charge in [-0.2, -0.15) is 0 Å². The molecule has 1 aliphatic rings. The predicted molar refractivity (Wildman–Crippen MR) is 63.1 cm³/mol. The number of rotatable bonds is 2. The van der Waals surface area contributed by atoms with Crippen LogP contribution in [0.5, 0.6) is 0 Å². The first-order valence-corrected chi connectivity index (χ1v) is 6.20. The molecular weight excluding hydrogens is 224 g/mol. The van der Waals surface area contributed by atoms with Gasteiger partial charge in [0.15, 0.2) is 0 Å². The van der Waals surface area contributed by atoms with Gasteiger partial charge in [0, 0.05) is 10.6 Å². The molecule has 4 heteroatoms. The highest BCUT2D eigenvalue weighted by atomic mass is 32.2. The summed E-state index contributed by atoms with van der Waals surface area (Å²) >= 11 is 1.53. The Hall–Kier alpha value is -1.00. The number of hydrogen-bond donors (Lipinski definition) is 2. The second-order valence-corrected chi connectivity index (χ2v) is 5.16. The standard InChI is InChI=1S/C12H14O3S/c1-3-12(15)6-16-10-5-8(11(13)14)7(2)4-9(10)12/h4-5,15H,3,6H2,1-2H3,(H,13,14). The molecule has 2 rings (SSSR count). The molecule has 1 aromatic carbocycles. The molecule has 0 saturated carbocycles. The minimum Gasteiger partial charge on any atom is -0.478 e. The molecule has 0 amide bonds. The van der Waals surface area contributed by atoms with Crippen molar-refractivity contribution >= 4 is 17.7 Å². The Balaban J connectivity index is 2.56. The zero-order valence-corrected chi connectivity index (χ0v) is 10.1. The quantitative estimate of drug-likeness (QED) is 0.830. The van der Waals surface area contributed by atoms with Gasteiger partial charge in [-0.15, -0.1) is 11.8 Å². The predicted octanol–water partition coefficient (Wildman–Crippen LogP) is 2.40. The molecule has 86 valence electrons. The molecule has 0 bridgehead atoms. The highest BCUT2D eigenvalue weighted by molar-refractivity contribution is 7.99. The average Bonchev–Trinajstić information content (AvgIpc) is 2.56. The SMILES string of the molecule is CCC1(O)CSc2cc(C(=O)O)c(C)cc21. The fourth-order valence-corrected chi connectivity index (χ4v) is 3.33. The zero-order chi connectivity index (χ0) is 11.9. The van der Waals surface area contributed by atoms with Crippen LogP contribution in [-0.4, -0.2) is 21.9 Å². The Morgan fingerprint density at radius 3 is 2.81 bits per heavy atom. The van der Waals surface area contributed by atoms with Crippen LogP contribution >= 0.6 is 11.8 Å². The molecule has 0 aromatic heterocycles. The number of fused-ring (bicyclic) bond motifs is 1. The van der Waals surface area contributed by atoms with Gasteiger partial charge in [0.1, 0.15) is 0 Å². The van der Waals surface area contributed by atoms with Crippen LogP contribution in [0, 0.1) is 6.92 Å². The topological polar surface area (TPSA) is 57.5 Å². The maximum absolute atomic E-state index is 11.0. The van der Waals surface area contributed by atoms with Gasteiger partial charge >= 0.3 is 5.97 Å². The van der Waals surface area contributed by atoms with Crippen LogP contribution in [0.1, 0.15) is 34.8 Å². The van der Waals surface area contributed by atoms with E-state index in [2.05, 4.69) is 0 Å². The van der Waals surface area contributed by atoms with Crippen molar-refractivity contribution in [1.29, 1.82) is 0 Å². The van der Waals surface area contributed by atoms with Crippen LogP contribution in [0.25, 0.3) is 0 Å². The highest BCUT2D eigenvalue weighted by Gasteiger charge is 2.36. The van der Waals surface area contributed by atoms with E-state index in [9.17, 15) is 9.90 Å². The molecule has 1 atom stereocenters. The van der Waals surface area contributed by atoms with Gasteiger partial charge < -0.3 is 10.2 Å². The average molecular weight is 238 g/mol. The van der Waals surface area contributed by atoms with Crippen molar-refractivity contribution in [3.05, 3.63) is 28.8 Å². The van der Waals surface area contributed by atoms with E-state index in [0.29, 0.717) is 23.3 Å². The lowest BCUT2D eigenvalue weighted by atomic mass is 9.91. The Bertz CT molecular complexity index is 456. The summed E-state index contributed by atoms with van der Waals surface area (Å²) in [5.41, 5.74) is 1.12. The summed E-state index contributed by atoms with van der Waals surface area (Å²) in [6, 6.07) is 3.48. The van der Waals surface area contributed by atoms with Crippen molar-refractivity contribution in [1.82, 2.24) is 0 Å². The maximum Gasteiger partial charge on any atom is 0.335 e. The van der Waals surface area contributed by atoms with E-state index in [1.54, 1.807) is 13.0 Å². The fraction of sp³-hybridized carbons (Fsp3) is 0.417. The van der Waals surface area contributed by atoms with E-state index in [1.807, 2.05) is 13.0 Å². The normalized spacial score (nSPS) is 23.2. The molecule has 0 spiro atoms. The first-order valence-electron chi connectivity index (χ1n) is 5.21. The number of hydrogen-bond acceptors (Lipinski definition) is 3. The summed E-state index contributed by atoms with van der Waals surface area (Å²) < 4.78 is 0. The second kappa shape index (κ2) is 3.79. The minimum atomic E-state index is -0.909. The number of carboxylic acids is 1. The van der Waals surface area contributed by atoms with E-state index in [1.165, 1.54) is 11.8 Å². The van der Waals surface area contributed by atoms with Crippen LogP contribution in [0.15, 0.2) is 17.0 Å². The number of carboxylic acid groups (broad SMARTS) is 1. The molecule has 1 aromatic rings. The monoisotopic (exact) mass is 238 g/mol. The van der Waals surface area contributed by atoms with E-state index in [4.69, 9.17) is 5.11 Å². The Morgan fingerprint density at radius 1 is 1.56 bits per heavy atom. The molecule has 0 aliphatic carbocycles. The first-order chi connectivity index (χ1) is 7.48. The van der Waals surface area contributed by atoms with Gasteiger partial charge in [0.2, 0.25) is 0 Å². The second-order valence-electron chi connectivity index (χ2n) is 4.14. The van der Waals surface area contributed by atoms with Crippen molar-refractivity contribution in [2.24, 2.45) is 0 Å². The summed E-state index contributed by atoms with van der Waals surface area (Å²) in [6.45, 7) is 3.71. The lowest BCUT2D eigenvalue weighted by Crippen LogP contribution is -2.24. The summed E-state index contributed by atoms with van der Waals surface area (Å²) in [4.78, 5) is 11.9. The summed E-state index contributed by atoms with van der Waals surface area (Å²) in [6.07, 6.45) is 0.652.